The van der Waals surface area contributed by atoms with E-state index in [2.05, 4.69) is 33.1 Å². The highest BCUT2D eigenvalue weighted by molar-refractivity contribution is 14.1. The maximum absolute atomic E-state index is 13.9. The van der Waals surface area contributed by atoms with E-state index in [-0.39, 0.29) is 23.6 Å². The third-order valence-corrected chi connectivity index (χ3v) is 4.86. The molecule has 0 fully saturated rings. The average Bonchev–Trinajstić information content (AvgIpc) is 2.74. The molecule has 0 saturated heterocycles. The van der Waals surface area contributed by atoms with E-state index < -0.39 is 11.7 Å². The molecule has 3 rings (SSSR count). The van der Waals surface area contributed by atoms with Crippen LogP contribution in [0.3, 0.4) is 0 Å². The van der Waals surface area contributed by atoms with Crippen molar-refractivity contribution in [2.75, 3.05) is 0 Å². The molecule has 1 N–H and O–H groups in total. The molecule has 1 amide bonds. The quantitative estimate of drug-likeness (QED) is 0.291. The molecule has 0 bridgehead atoms. The molecule has 0 aromatic heterocycles. The first-order chi connectivity index (χ1) is 14.5. The van der Waals surface area contributed by atoms with Gasteiger partial charge in [0.05, 0.1) is 27.0 Å². The number of ether oxygens (including phenoxy) is 1. The van der Waals surface area contributed by atoms with Gasteiger partial charge in [-0.2, -0.15) is 10.4 Å². The molecule has 0 aliphatic heterocycles. The Morgan fingerprint density at radius 2 is 1.93 bits per heavy atom. The molecule has 0 atom stereocenters. The molecule has 30 heavy (non-hydrogen) atoms. The van der Waals surface area contributed by atoms with Crippen LogP contribution in [-0.2, 0) is 6.61 Å². The minimum absolute atomic E-state index is 0.0995. The first kappa shape index (κ1) is 21.4. The number of hydrogen-bond donors (Lipinski definition) is 1. The van der Waals surface area contributed by atoms with Crippen molar-refractivity contribution in [3.8, 4) is 11.8 Å². The van der Waals surface area contributed by atoms with Crippen molar-refractivity contribution in [1.29, 1.82) is 5.26 Å². The van der Waals surface area contributed by atoms with Gasteiger partial charge in [0.25, 0.3) is 5.91 Å². The van der Waals surface area contributed by atoms with Crippen LogP contribution in [0, 0.1) is 26.5 Å². The number of benzene rings is 3. The van der Waals surface area contributed by atoms with E-state index in [1.54, 1.807) is 42.5 Å². The van der Waals surface area contributed by atoms with Gasteiger partial charge < -0.3 is 4.74 Å². The second kappa shape index (κ2) is 9.93. The molecule has 5 nitrogen and oxygen atoms in total. The Morgan fingerprint density at radius 3 is 2.63 bits per heavy atom. The van der Waals surface area contributed by atoms with E-state index in [1.165, 1.54) is 24.4 Å². The molecule has 8 heteroatoms. The van der Waals surface area contributed by atoms with Gasteiger partial charge in [-0.1, -0.05) is 18.2 Å². The third kappa shape index (κ3) is 5.39. The number of halogens is 3. The van der Waals surface area contributed by atoms with Crippen LogP contribution < -0.4 is 10.2 Å². The highest BCUT2D eigenvalue weighted by atomic mass is 127. The number of nitrogens with one attached hydrogen (secondary N) is 1. The highest BCUT2D eigenvalue weighted by Crippen LogP contribution is 2.23. The summed E-state index contributed by atoms with van der Waals surface area (Å²) in [4.78, 5) is 12.0. The zero-order chi connectivity index (χ0) is 21.5. The minimum atomic E-state index is -0.798. The number of nitriles is 1. The Bertz CT molecular complexity index is 1160. The predicted octanol–water partition coefficient (Wildman–Crippen LogP) is 4.78. The summed E-state index contributed by atoms with van der Waals surface area (Å²) in [5.74, 6) is -1.27. The van der Waals surface area contributed by atoms with Gasteiger partial charge >= 0.3 is 0 Å². The van der Waals surface area contributed by atoms with Crippen molar-refractivity contribution < 1.29 is 18.3 Å². The summed E-state index contributed by atoms with van der Waals surface area (Å²) in [7, 11) is 0. The summed E-state index contributed by atoms with van der Waals surface area (Å²) in [6.07, 6.45) is 1.41. The zero-order valence-electron chi connectivity index (χ0n) is 15.4. The van der Waals surface area contributed by atoms with Gasteiger partial charge in [-0.25, -0.2) is 14.2 Å². The van der Waals surface area contributed by atoms with E-state index in [0.717, 1.165) is 9.64 Å². The lowest BCUT2D eigenvalue weighted by molar-refractivity contribution is 0.0951. The first-order valence-corrected chi connectivity index (χ1v) is 9.74. The molecule has 0 saturated carbocycles. The normalized spacial score (nSPS) is 10.6. The summed E-state index contributed by atoms with van der Waals surface area (Å²) in [6.45, 7) is 0.0995. The fourth-order valence-electron chi connectivity index (χ4n) is 2.48. The molecule has 0 radical (unpaired) electrons. The van der Waals surface area contributed by atoms with Crippen LogP contribution in [0.1, 0.15) is 27.0 Å². The molecule has 150 valence electrons. The lowest BCUT2D eigenvalue weighted by Gasteiger charge is -2.09. The molecule has 3 aromatic rings. The van der Waals surface area contributed by atoms with Gasteiger partial charge in [-0.3, -0.25) is 4.79 Å². The largest absolute Gasteiger partial charge is 0.488 e. The number of hydrazone groups is 1. The van der Waals surface area contributed by atoms with Crippen molar-refractivity contribution in [3.63, 3.8) is 0 Å². The van der Waals surface area contributed by atoms with Gasteiger partial charge in [-0.15, -0.1) is 0 Å². The lowest BCUT2D eigenvalue weighted by atomic mass is 10.1. The lowest BCUT2D eigenvalue weighted by Crippen LogP contribution is -2.19. The summed E-state index contributed by atoms with van der Waals surface area (Å²) >= 11 is 2.08. The van der Waals surface area contributed by atoms with E-state index in [4.69, 9.17) is 10.00 Å². The van der Waals surface area contributed by atoms with Crippen molar-refractivity contribution in [3.05, 3.63) is 98.1 Å². The smallest absolute Gasteiger partial charge is 0.274 e. The fraction of sp³-hybridized carbons (Fsp3) is 0.0455. The molecule has 0 aliphatic rings. The van der Waals surface area contributed by atoms with Gasteiger partial charge in [0, 0.05) is 5.56 Å². The number of rotatable bonds is 6. The monoisotopic (exact) mass is 517 g/mol. The van der Waals surface area contributed by atoms with Crippen LogP contribution in [0.15, 0.2) is 65.8 Å². The van der Waals surface area contributed by atoms with E-state index >= 15 is 0 Å². The minimum Gasteiger partial charge on any atom is -0.488 e. The van der Waals surface area contributed by atoms with Gasteiger partial charge in [0.15, 0.2) is 0 Å². The summed E-state index contributed by atoms with van der Waals surface area (Å²) < 4.78 is 34.0. The Labute approximate surface area is 185 Å². The molecular formula is C22H14F2IN3O2. The maximum Gasteiger partial charge on any atom is 0.274 e. The van der Waals surface area contributed by atoms with Crippen LogP contribution in [0.5, 0.6) is 5.75 Å². The number of hydrogen-bond acceptors (Lipinski definition) is 4. The highest BCUT2D eigenvalue weighted by Gasteiger charge is 2.11. The van der Waals surface area contributed by atoms with Crippen LogP contribution in [0.2, 0.25) is 0 Å². The van der Waals surface area contributed by atoms with Crippen LogP contribution in [-0.4, -0.2) is 12.1 Å². The zero-order valence-corrected chi connectivity index (χ0v) is 17.6. The van der Waals surface area contributed by atoms with E-state index in [0.29, 0.717) is 16.9 Å². The molecule has 0 aliphatic carbocycles. The van der Waals surface area contributed by atoms with Crippen LogP contribution in [0.25, 0.3) is 0 Å². The summed E-state index contributed by atoms with van der Waals surface area (Å²) in [5.41, 5.74) is 3.29. The van der Waals surface area contributed by atoms with Crippen molar-refractivity contribution in [2.24, 2.45) is 5.10 Å². The van der Waals surface area contributed by atoms with Crippen molar-refractivity contribution in [1.82, 2.24) is 5.43 Å². The summed E-state index contributed by atoms with van der Waals surface area (Å²) in [5, 5.41) is 12.6. The van der Waals surface area contributed by atoms with Gasteiger partial charge in [0.2, 0.25) is 0 Å². The molecular weight excluding hydrogens is 503 g/mol. The van der Waals surface area contributed by atoms with E-state index in [9.17, 15) is 13.6 Å². The standard InChI is InChI=1S/C22H14F2IN3O2/c23-18-4-2-1-3-16(18)13-30-21-8-6-15(10-20(21)25)12-27-28-22(29)17-7-5-14(11-26)9-19(17)24/h1-10,12H,13H2,(H,28,29)/b27-12-. The Morgan fingerprint density at radius 1 is 1.13 bits per heavy atom. The molecule has 3 aromatic carbocycles. The molecule has 0 unspecified atom stereocenters. The first-order valence-electron chi connectivity index (χ1n) is 8.66. The second-order valence-electron chi connectivity index (χ2n) is 6.08. The number of carbonyl (C=O) groups is 1. The topological polar surface area (TPSA) is 74.5 Å². The maximum atomic E-state index is 13.9. The summed E-state index contributed by atoms with van der Waals surface area (Å²) in [6, 6.07) is 17.0. The van der Waals surface area contributed by atoms with Gasteiger partial charge in [0.1, 0.15) is 24.0 Å². The SMILES string of the molecule is N#Cc1ccc(C(=O)N/N=C\c2ccc(OCc3ccccc3F)c(I)c2)c(F)c1. The Kier molecular flexibility index (Phi) is 7.08. The number of carbonyl (C=O) groups excluding carboxylic acids is 1. The van der Waals surface area contributed by atoms with E-state index in [1.807, 2.05) is 0 Å². The van der Waals surface area contributed by atoms with Gasteiger partial charge in [-0.05, 0) is 70.6 Å². The number of nitrogens with zero attached hydrogens (tertiary/aromatic N) is 2. The number of amides is 1. The Hall–Kier alpha value is -3.32. The van der Waals surface area contributed by atoms with Crippen LogP contribution in [0.4, 0.5) is 8.78 Å². The van der Waals surface area contributed by atoms with Crippen molar-refractivity contribution in [2.45, 2.75) is 6.61 Å². The Balaban J connectivity index is 1.61. The third-order valence-electron chi connectivity index (χ3n) is 4.02. The second-order valence-corrected chi connectivity index (χ2v) is 7.24. The van der Waals surface area contributed by atoms with Crippen molar-refractivity contribution >= 4 is 34.7 Å². The van der Waals surface area contributed by atoms with Crippen LogP contribution >= 0.6 is 22.6 Å². The molecule has 0 heterocycles. The predicted molar refractivity (Wildman–Crippen MR) is 116 cm³/mol. The molecule has 0 spiro atoms. The fourth-order valence-corrected chi connectivity index (χ4v) is 3.17. The average molecular weight is 517 g/mol.